The minimum Gasteiger partial charge on any atom is -0.228 e. The fourth-order valence-electron chi connectivity index (χ4n) is 7.50. The highest BCUT2D eigenvalue weighted by Gasteiger charge is 2.37. The van der Waals surface area contributed by atoms with Crippen molar-refractivity contribution in [3.05, 3.63) is 181 Å². The first kappa shape index (κ1) is 29.1. The molecule has 0 aliphatic heterocycles. The molecule has 0 saturated heterocycles. The van der Waals surface area contributed by atoms with Crippen LogP contribution in [0.4, 0.5) is 0 Å². The molecule has 49 heavy (non-hydrogen) atoms. The third kappa shape index (κ3) is 5.05. The topological polar surface area (TPSA) is 25.8 Å². The number of hydrogen-bond donors (Lipinski definition) is 0. The van der Waals surface area contributed by atoms with Crippen molar-refractivity contribution >= 4 is 10.8 Å². The minimum atomic E-state index is -0.154. The predicted molar refractivity (Wildman–Crippen MR) is 204 cm³/mol. The third-order valence-corrected chi connectivity index (χ3v) is 10.1. The normalized spacial score (nSPS) is 12.9. The van der Waals surface area contributed by atoms with Crippen LogP contribution in [0.5, 0.6) is 0 Å². The van der Waals surface area contributed by atoms with Crippen molar-refractivity contribution in [3.63, 3.8) is 0 Å². The molecule has 0 spiro atoms. The van der Waals surface area contributed by atoms with E-state index in [-0.39, 0.29) is 5.41 Å². The molecule has 2 heteroatoms. The standard InChI is InChI=1S/C47H34N2/c1-47(2)41-25-13-24-39(45(41)40-28-35-18-9-10-19-36(35)29-42(40)47)46-48-43(37-22-11-20-33(26-37)31-14-5-3-6-15-31)30-44(49-46)38-23-12-21-34(27-38)32-16-7-4-8-17-32/h3-30H,1-2H3. The average molecular weight is 627 g/mol. The molecule has 9 rings (SSSR count). The molecule has 0 unspecified atom stereocenters. The Morgan fingerprint density at radius 2 is 0.857 bits per heavy atom. The second-order valence-electron chi connectivity index (χ2n) is 13.5. The van der Waals surface area contributed by atoms with Crippen LogP contribution in [0.3, 0.4) is 0 Å². The van der Waals surface area contributed by atoms with E-state index >= 15 is 0 Å². The van der Waals surface area contributed by atoms with Crippen LogP contribution < -0.4 is 0 Å². The van der Waals surface area contributed by atoms with Crippen molar-refractivity contribution in [1.82, 2.24) is 9.97 Å². The highest BCUT2D eigenvalue weighted by atomic mass is 14.9. The van der Waals surface area contributed by atoms with Crippen LogP contribution in [0.15, 0.2) is 170 Å². The van der Waals surface area contributed by atoms with Gasteiger partial charge in [0.15, 0.2) is 5.82 Å². The van der Waals surface area contributed by atoms with E-state index in [4.69, 9.17) is 9.97 Å². The lowest BCUT2D eigenvalue weighted by Gasteiger charge is -2.22. The zero-order valence-electron chi connectivity index (χ0n) is 27.6. The summed E-state index contributed by atoms with van der Waals surface area (Å²) in [7, 11) is 0. The molecule has 0 radical (unpaired) electrons. The molecular weight excluding hydrogens is 593 g/mol. The molecule has 8 aromatic rings. The van der Waals surface area contributed by atoms with Gasteiger partial charge in [-0.1, -0.05) is 153 Å². The van der Waals surface area contributed by atoms with Gasteiger partial charge in [-0.05, 0) is 85.6 Å². The van der Waals surface area contributed by atoms with Gasteiger partial charge < -0.3 is 0 Å². The van der Waals surface area contributed by atoms with Gasteiger partial charge in [-0.25, -0.2) is 9.97 Å². The monoisotopic (exact) mass is 626 g/mol. The number of rotatable bonds is 5. The lowest BCUT2D eigenvalue weighted by Crippen LogP contribution is -2.14. The van der Waals surface area contributed by atoms with Crippen LogP contribution in [0.2, 0.25) is 0 Å². The first-order chi connectivity index (χ1) is 24.0. The molecule has 0 amide bonds. The first-order valence-electron chi connectivity index (χ1n) is 16.9. The largest absolute Gasteiger partial charge is 0.228 e. The van der Waals surface area contributed by atoms with Crippen molar-refractivity contribution in [2.75, 3.05) is 0 Å². The highest BCUT2D eigenvalue weighted by molar-refractivity contribution is 5.98. The molecule has 0 bridgehead atoms. The van der Waals surface area contributed by atoms with Gasteiger partial charge in [-0.15, -0.1) is 0 Å². The molecule has 1 aliphatic rings. The first-order valence-corrected chi connectivity index (χ1v) is 16.9. The summed E-state index contributed by atoms with van der Waals surface area (Å²) in [6, 6.07) is 60.6. The van der Waals surface area contributed by atoms with Crippen LogP contribution in [0, 0.1) is 0 Å². The van der Waals surface area contributed by atoms with E-state index in [1.165, 1.54) is 44.2 Å². The van der Waals surface area contributed by atoms with Gasteiger partial charge in [0.05, 0.1) is 11.4 Å². The maximum Gasteiger partial charge on any atom is 0.161 e. The number of hydrogen-bond acceptors (Lipinski definition) is 2. The number of aromatic nitrogens is 2. The highest BCUT2D eigenvalue weighted by Crippen LogP contribution is 2.53. The quantitative estimate of drug-likeness (QED) is 0.190. The van der Waals surface area contributed by atoms with Crippen molar-refractivity contribution in [1.29, 1.82) is 0 Å². The lowest BCUT2D eigenvalue weighted by atomic mass is 9.81. The number of fused-ring (bicyclic) bond motifs is 4. The Labute approximate surface area is 287 Å². The van der Waals surface area contributed by atoms with E-state index in [9.17, 15) is 0 Å². The summed E-state index contributed by atoms with van der Waals surface area (Å²) >= 11 is 0. The Morgan fingerprint density at radius 1 is 0.367 bits per heavy atom. The van der Waals surface area contributed by atoms with Crippen LogP contribution in [0.1, 0.15) is 25.0 Å². The van der Waals surface area contributed by atoms with Crippen LogP contribution in [0.25, 0.3) is 78.1 Å². The molecule has 0 atom stereocenters. The summed E-state index contributed by atoms with van der Waals surface area (Å²) in [5, 5.41) is 2.51. The second kappa shape index (κ2) is 11.5. The SMILES string of the molecule is CC1(C)c2cc3ccccc3cc2-c2c(-c3nc(-c4cccc(-c5ccccc5)c4)cc(-c4cccc(-c5ccccc5)c4)n3)cccc21. The van der Waals surface area contributed by atoms with Gasteiger partial charge in [0, 0.05) is 22.1 Å². The smallest absolute Gasteiger partial charge is 0.161 e. The van der Waals surface area contributed by atoms with Gasteiger partial charge in [0.1, 0.15) is 0 Å². The number of nitrogens with zero attached hydrogens (tertiary/aromatic N) is 2. The molecule has 2 nitrogen and oxygen atoms in total. The van der Waals surface area contributed by atoms with E-state index in [0.717, 1.165) is 45.0 Å². The summed E-state index contributed by atoms with van der Waals surface area (Å²) in [4.78, 5) is 10.7. The molecule has 7 aromatic carbocycles. The van der Waals surface area contributed by atoms with E-state index in [1.54, 1.807) is 0 Å². The molecular formula is C47H34N2. The van der Waals surface area contributed by atoms with Gasteiger partial charge in [0.2, 0.25) is 0 Å². The average Bonchev–Trinajstić information content (AvgIpc) is 3.39. The predicted octanol–water partition coefficient (Wildman–Crippen LogP) is 12.3. The van der Waals surface area contributed by atoms with Gasteiger partial charge in [-0.3, -0.25) is 0 Å². The Morgan fingerprint density at radius 3 is 1.45 bits per heavy atom. The van der Waals surface area contributed by atoms with Crippen molar-refractivity contribution in [2.45, 2.75) is 19.3 Å². The van der Waals surface area contributed by atoms with Gasteiger partial charge >= 0.3 is 0 Å². The summed E-state index contributed by atoms with van der Waals surface area (Å²) in [5.41, 5.74) is 14.7. The minimum absolute atomic E-state index is 0.154. The fraction of sp³-hybridized carbons (Fsp3) is 0.0638. The van der Waals surface area contributed by atoms with Gasteiger partial charge in [-0.2, -0.15) is 0 Å². The Balaban J connectivity index is 1.27. The Kier molecular flexibility index (Phi) is 6.84. The fourth-order valence-corrected chi connectivity index (χ4v) is 7.50. The molecule has 0 N–H and O–H groups in total. The van der Waals surface area contributed by atoms with Crippen molar-refractivity contribution < 1.29 is 0 Å². The van der Waals surface area contributed by atoms with E-state index in [2.05, 4.69) is 184 Å². The third-order valence-electron chi connectivity index (χ3n) is 10.1. The Bertz CT molecular complexity index is 2410. The molecule has 1 aliphatic carbocycles. The summed E-state index contributed by atoms with van der Waals surface area (Å²) in [6.07, 6.45) is 0. The van der Waals surface area contributed by atoms with Crippen molar-refractivity contribution in [3.8, 4) is 67.3 Å². The number of benzene rings is 7. The molecule has 0 fully saturated rings. The lowest BCUT2D eigenvalue weighted by molar-refractivity contribution is 0.661. The van der Waals surface area contributed by atoms with Crippen molar-refractivity contribution in [2.24, 2.45) is 0 Å². The summed E-state index contributed by atoms with van der Waals surface area (Å²) < 4.78 is 0. The van der Waals surface area contributed by atoms with Crippen LogP contribution in [-0.2, 0) is 5.41 Å². The zero-order valence-corrected chi connectivity index (χ0v) is 27.6. The Hall–Kier alpha value is -6.12. The zero-order chi connectivity index (χ0) is 33.0. The summed E-state index contributed by atoms with van der Waals surface area (Å²) in [5.74, 6) is 0.733. The maximum absolute atomic E-state index is 5.36. The van der Waals surface area contributed by atoms with Gasteiger partial charge in [0.25, 0.3) is 0 Å². The second-order valence-corrected chi connectivity index (χ2v) is 13.5. The molecule has 232 valence electrons. The van der Waals surface area contributed by atoms with Crippen LogP contribution in [-0.4, -0.2) is 9.97 Å². The van der Waals surface area contributed by atoms with E-state index < -0.39 is 0 Å². The van der Waals surface area contributed by atoms with E-state index in [0.29, 0.717) is 0 Å². The molecule has 1 heterocycles. The molecule has 1 aromatic heterocycles. The van der Waals surface area contributed by atoms with E-state index in [1.807, 2.05) is 0 Å². The van der Waals surface area contributed by atoms with Crippen LogP contribution >= 0.6 is 0 Å². The molecule has 0 saturated carbocycles. The summed E-state index contributed by atoms with van der Waals surface area (Å²) in [6.45, 7) is 4.67. The maximum atomic E-state index is 5.36.